The number of carbonyl (C=O) groups excluding carboxylic acids is 1. The molecule has 2 aromatic rings. The molecule has 0 aliphatic rings. The summed E-state index contributed by atoms with van der Waals surface area (Å²) < 4.78 is 10.0. The Morgan fingerprint density at radius 3 is 2.70 bits per heavy atom. The molecule has 0 saturated heterocycles. The number of aromatic nitrogens is 2. The molecule has 1 aromatic heterocycles. The number of hydrogen-bond donors (Lipinski definition) is 1. The van der Waals surface area contributed by atoms with Gasteiger partial charge < -0.3 is 14.6 Å². The standard InChI is InChI=1S/C14H17N3O3/c1-10-15-14(20-17-10)5-3-4-13(18)16-11-6-8-12(19-2)9-7-11/h6-9H,3-5H2,1-2H3,(H,16,18). The maximum absolute atomic E-state index is 11.8. The minimum Gasteiger partial charge on any atom is -0.497 e. The zero-order valence-corrected chi connectivity index (χ0v) is 11.5. The van der Waals surface area contributed by atoms with Gasteiger partial charge in [-0.1, -0.05) is 5.16 Å². The third-order valence-corrected chi connectivity index (χ3v) is 2.74. The predicted molar refractivity (Wildman–Crippen MR) is 73.6 cm³/mol. The fourth-order valence-corrected chi connectivity index (χ4v) is 1.74. The quantitative estimate of drug-likeness (QED) is 0.875. The Balaban J connectivity index is 1.74. The molecule has 1 aromatic carbocycles. The molecule has 1 amide bonds. The number of carbonyl (C=O) groups is 1. The first-order valence-corrected chi connectivity index (χ1v) is 6.40. The van der Waals surface area contributed by atoms with E-state index in [0.29, 0.717) is 31.0 Å². The molecule has 0 aliphatic heterocycles. The summed E-state index contributed by atoms with van der Waals surface area (Å²) in [6.07, 6.45) is 1.69. The van der Waals surface area contributed by atoms with E-state index in [4.69, 9.17) is 9.26 Å². The molecular weight excluding hydrogens is 258 g/mol. The fraction of sp³-hybridized carbons (Fsp3) is 0.357. The molecule has 0 radical (unpaired) electrons. The number of rotatable bonds is 6. The molecule has 1 N–H and O–H groups in total. The summed E-state index contributed by atoms with van der Waals surface area (Å²) in [5.41, 5.74) is 0.754. The number of nitrogens with one attached hydrogen (secondary N) is 1. The second kappa shape index (κ2) is 6.70. The maximum Gasteiger partial charge on any atom is 0.226 e. The Labute approximate surface area is 117 Å². The SMILES string of the molecule is COc1ccc(NC(=O)CCCc2nc(C)no2)cc1. The summed E-state index contributed by atoms with van der Waals surface area (Å²) in [7, 11) is 1.60. The van der Waals surface area contributed by atoms with Crippen LogP contribution in [0.3, 0.4) is 0 Å². The highest BCUT2D eigenvalue weighted by Crippen LogP contribution is 2.15. The van der Waals surface area contributed by atoms with Gasteiger partial charge in [0.1, 0.15) is 5.75 Å². The second-order valence-electron chi connectivity index (χ2n) is 4.37. The van der Waals surface area contributed by atoms with Gasteiger partial charge in [-0.05, 0) is 37.6 Å². The molecule has 6 heteroatoms. The van der Waals surface area contributed by atoms with Gasteiger partial charge in [0.25, 0.3) is 0 Å². The number of aryl methyl sites for hydroxylation is 2. The van der Waals surface area contributed by atoms with Gasteiger partial charge in [-0.3, -0.25) is 4.79 Å². The van der Waals surface area contributed by atoms with E-state index in [0.717, 1.165) is 11.4 Å². The van der Waals surface area contributed by atoms with Crippen molar-refractivity contribution in [3.63, 3.8) is 0 Å². The highest BCUT2D eigenvalue weighted by atomic mass is 16.5. The Bertz CT molecular complexity index is 563. The van der Waals surface area contributed by atoms with Crippen LogP contribution in [0.1, 0.15) is 24.6 Å². The zero-order chi connectivity index (χ0) is 14.4. The molecule has 0 saturated carbocycles. The lowest BCUT2D eigenvalue weighted by molar-refractivity contribution is -0.116. The van der Waals surface area contributed by atoms with Crippen LogP contribution in [0.5, 0.6) is 5.75 Å². The van der Waals surface area contributed by atoms with E-state index in [9.17, 15) is 4.79 Å². The van der Waals surface area contributed by atoms with Crippen LogP contribution in [-0.4, -0.2) is 23.2 Å². The van der Waals surface area contributed by atoms with Gasteiger partial charge in [-0.15, -0.1) is 0 Å². The summed E-state index contributed by atoms with van der Waals surface area (Å²) in [4.78, 5) is 15.8. The molecule has 20 heavy (non-hydrogen) atoms. The number of amides is 1. The van der Waals surface area contributed by atoms with Gasteiger partial charge in [-0.2, -0.15) is 4.98 Å². The minimum atomic E-state index is -0.0357. The Kier molecular flexibility index (Phi) is 4.70. The number of ether oxygens (including phenoxy) is 1. The van der Waals surface area contributed by atoms with Crippen molar-refractivity contribution in [3.05, 3.63) is 36.0 Å². The summed E-state index contributed by atoms with van der Waals surface area (Å²) in [6, 6.07) is 7.21. The van der Waals surface area contributed by atoms with Crippen molar-refractivity contribution >= 4 is 11.6 Å². The molecule has 0 bridgehead atoms. The summed E-state index contributed by atoms with van der Waals surface area (Å²) >= 11 is 0. The smallest absolute Gasteiger partial charge is 0.226 e. The van der Waals surface area contributed by atoms with E-state index in [1.165, 1.54) is 0 Å². The Morgan fingerprint density at radius 1 is 1.35 bits per heavy atom. The largest absolute Gasteiger partial charge is 0.497 e. The average Bonchev–Trinajstić information content (AvgIpc) is 2.85. The predicted octanol–water partition coefficient (Wildman–Crippen LogP) is 2.35. The highest BCUT2D eigenvalue weighted by Gasteiger charge is 2.06. The molecule has 6 nitrogen and oxygen atoms in total. The maximum atomic E-state index is 11.8. The van der Waals surface area contributed by atoms with Crippen molar-refractivity contribution in [1.29, 1.82) is 0 Å². The number of hydrogen-bond acceptors (Lipinski definition) is 5. The fourth-order valence-electron chi connectivity index (χ4n) is 1.74. The Morgan fingerprint density at radius 2 is 2.10 bits per heavy atom. The first-order chi connectivity index (χ1) is 9.67. The lowest BCUT2D eigenvalue weighted by Gasteiger charge is -2.05. The average molecular weight is 275 g/mol. The van der Waals surface area contributed by atoms with Crippen LogP contribution < -0.4 is 10.1 Å². The van der Waals surface area contributed by atoms with Crippen LogP contribution in [0.4, 0.5) is 5.69 Å². The van der Waals surface area contributed by atoms with Gasteiger partial charge >= 0.3 is 0 Å². The summed E-state index contributed by atoms with van der Waals surface area (Å²) in [5.74, 6) is 1.91. The van der Waals surface area contributed by atoms with Crippen LogP contribution >= 0.6 is 0 Å². The molecule has 0 spiro atoms. The number of benzene rings is 1. The lowest BCUT2D eigenvalue weighted by Crippen LogP contribution is -2.11. The topological polar surface area (TPSA) is 77.2 Å². The van der Waals surface area contributed by atoms with Gasteiger partial charge in [0.2, 0.25) is 11.8 Å². The van der Waals surface area contributed by atoms with Crippen LogP contribution in [0.25, 0.3) is 0 Å². The van der Waals surface area contributed by atoms with Crippen molar-refractivity contribution in [1.82, 2.24) is 10.1 Å². The van der Waals surface area contributed by atoms with E-state index in [1.54, 1.807) is 38.3 Å². The molecule has 1 heterocycles. The molecule has 2 rings (SSSR count). The number of nitrogens with zero attached hydrogens (tertiary/aromatic N) is 2. The van der Waals surface area contributed by atoms with Crippen LogP contribution in [0.15, 0.2) is 28.8 Å². The van der Waals surface area contributed by atoms with E-state index in [2.05, 4.69) is 15.5 Å². The third-order valence-electron chi connectivity index (χ3n) is 2.74. The van der Waals surface area contributed by atoms with Gasteiger partial charge in [-0.25, -0.2) is 0 Å². The van der Waals surface area contributed by atoms with Crippen molar-refractivity contribution in [2.24, 2.45) is 0 Å². The summed E-state index contributed by atoms with van der Waals surface area (Å²) in [6.45, 7) is 1.77. The van der Waals surface area contributed by atoms with Crippen LogP contribution in [0.2, 0.25) is 0 Å². The first kappa shape index (κ1) is 14.0. The van der Waals surface area contributed by atoms with E-state index < -0.39 is 0 Å². The van der Waals surface area contributed by atoms with Crippen LogP contribution in [-0.2, 0) is 11.2 Å². The second-order valence-corrected chi connectivity index (χ2v) is 4.37. The molecule has 0 unspecified atom stereocenters. The van der Waals surface area contributed by atoms with Crippen molar-refractivity contribution in [3.8, 4) is 5.75 Å². The first-order valence-electron chi connectivity index (χ1n) is 6.40. The molecule has 0 aliphatic carbocycles. The van der Waals surface area contributed by atoms with Gasteiger partial charge in [0.05, 0.1) is 7.11 Å². The minimum absolute atomic E-state index is 0.0357. The molecule has 0 atom stereocenters. The van der Waals surface area contributed by atoms with Crippen molar-refractivity contribution in [2.45, 2.75) is 26.2 Å². The van der Waals surface area contributed by atoms with E-state index in [-0.39, 0.29) is 5.91 Å². The lowest BCUT2D eigenvalue weighted by atomic mass is 10.2. The van der Waals surface area contributed by atoms with Crippen LogP contribution in [0, 0.1) is 6.92 Å². The van der Waals surface area contributed by atoms with E-state index in [1.807, 2.05) is 0 Å². The molecule has 106 valence electrons. The van der Waals surface area contributed by atoms with Crippen molar-refractivity contribution in [2.75, 3.05) is 12.4 Å². The zero-order valence-electron chi connectivity index (χ0n) is 11.5. The number of methoxy groups -OCH3 is 1. The third kappa shape index (κ3) is 4.08. The number of anilines is 1. The monoisotopic (exact) mass is 275 g/mol. The van der Waals surface area contributed by atoms with Gasteiger partial charge in [0.15, 0.2) is 5.82 Å². The van der Waals surface area contributed by atoms with Crippen molar-refractivity contribution < 1.29 is 14.1 Å². The normalized spacial score (nSPS) is 10.3. The Hall–Kier alpha value is -2.37. The van der Waals surface area contributed by atoms with Gasteiger partial charge in [0, 0.05) is 18.5 Å². The van der Waals surface area contributed by atoms with E-state index >= 15 is 0 Å². The summed E-state index contributed by atoms with van der Waals surface area (Å²) in [5, 5.41) is 6.52. The molecule has 0 fully saturated rings. The molecular formula is C14H17N3O3. The highest BCUT2D eigenvalue weighted by molar-refractivity contribution is 5.90.